The van der Waals surface area contributed by atoms with Crippen LogP contribution in [-0.2, 0) is 9.63 Å². The maximum atomic E-state index is 11.9. The molecule has 0 radical (unpaired) electrons. The van der Waals surface area contributed by atoms with Gasteiger partial charge in [0, 0.05) is 12.3 Å². The summed E-state index contributed by atoms with van der Waals surface area (Å²) in [6.45, 7) is 0.561. The summed E-state index contributed by atoms with van der Waals surface area (Å²) in [5.41, 5.74) is 0. The summed E-state index contributed by atoms with van der Waals surface area (Å²) in [5, 5.41) is 14.8. The minimum Gasteiger partial charge on any atom is -0.354 e. The average Bonchev–Trinajstić information content (AvgIpc) is 2.90. The molecule has 21 heavy (non-hydrogen) atoms. The zero-order valence-electron chi connectivity index (χ0n) is 11.6. The largest absolute Gasteiger partial charge is 0.354 e. The molecule has 3 atom stereocenters. The standard InChI is InChI=1S/C12H19N3O5S/c16-11(10-7-21-12(17)14-10)13-5-8-3-1-2-4-9(8)6-20-15(18)19/h8-10H,1-7H2,(H,13,16)(H,14,17)/t8-,9-,10-/m0/s1. The first-order valence-corrected chi connectivity index (χ1v) is 8.03. The van der Waals surface area contributed by atoms with Gasteiger partial charge in [-0.1, -0.05) is 24.6 Å². The Kier molecular flexibility index (Phi) is 5.66. The van der Waals surface area contributed by atoms with Gasteiger partial charge in [-0.2, -0.15) is 0 Å². The van der Waals surface area contributed by atoms with Gasteiger partial charge in [-0.3, -0.25) is 9.59 Å². The van der Waals surface area contributed by atoms with Gasteiger partial charge < -0.3 is 15.5 Å². The second-order valence-corrected chi connectivity index (χ2v) is 6.36. The SMILES string of the molecule is O=C1N[C@H](C(=O)NC[C@@H]2CCCC[C@H]2CO[N+](=O)[O-])CS1. The number of hydrogen-bond acceptors (Lipinski definition) is 6. The zero-order chi connectivity index (χ0) is 15.2. The van der Waals surface area contributed by atoms with E-state index >= 15 is 0 Å². The molecule has 8 nitrogen and oxygen atoms in total. The van der Waals surface area contributed by atoms with Crippen molar-refractivity contribution in [3.05, 3.63) is 10.1 Å². The summed E-state index contributed by atoms with van der Waals surface area (Å²) in [6.07, 6.45) is 3.90. The first-order valence-electron chi connectivity index (χ1n) is 7.04. The first-order chi connectivity index (χ1) is 10.1. The summed E-state index contributed by atoms with van der Waals surface area (Å²) < 4.78 is 0. The molecule has 0 spiro atoms. The summed E-state index contributed by atoms with van der Waals surface area (Å²) in [6, 6.07) is -0.473. The second kappa shape index (κ2) is 7.48. The van der Waals surface area contributed by atoms with E-state index in [4.69, 9.17) is 0 Å². The molecule has 9 heteroatoms. The summed E-state index contributed by atoms with van der Waals surface area (Å²) in [4.78, 5) is 37.8. The molecule has 1 aliphatic heterocycles. The highest BCUT2D eigenvalue weighted by Crippen LogP contribution is 2.30. The van der Waals surface area contributed by atoms with Crippen molar-refractivity contribution in [2.24, 2.45) is 11.8 Å². The molecule has 0 unspecified atom stereocenters. The Morgan fingerprint density at radius 2 is 2.14 bits per heavy atom. The Morgan fingerprint density at radius 1 is 1.43 bits per heavy atom. The van der Waals surface area contributed by atoms with E-state index < -0.39 is 11.1 Å². The van der Waals surface area contributed by atoms with Gasteiger partial charge in [0.05, 0.1) is 6.61 Å². The van der Waals surface area contributed by atoms with E-state index in [1.807, 2.05) is 0 Å². The average molecular weight is 317 g/mol. The highest BCUT2D eigenvalue weighted by molar-refractivity contribution is 8.14. The fourth-order valence-electron chi connectivity index (χ4n) is 2.81. The van der Waals surface area contributed by atoms with E-state index in [1.165, 1.54) is 0 Å². The van der Waals surface area contributed by atoms with Crippen LogP contribution in [-0.4, -0.2) is 41.2 Å². The lowest BCUT2D eigenvalue weighted by Gasteiger charge is -2.31. The van der Waals surface area contributed by atoms with Crippen LogP contribution in [0.1, 0.15) is 25.7 Å². The number of carbonyl (C=O) groups is 2. The topological polar surface area (TPSA) is 111 Å². The Balaban J connectivity index is 1.77. The third-order valence-electron chi connectivity index (χ3n) is 3.99. The van der Waals surface area contributed by atoms with Gasteiger partial charge >= 0.3 is 0 Å². The van der Waals surface area contributed by atoms with Crippen LogP contribution < -0.4 is 10.6 Å². The smallest absolute Gasteiger partial charge is 0.294 e. The number of rotatable bonds is 6. The predicted molar refractivity (Wildman–Crippen MR) is 76.2 cm³/mol. The molecule has 1 saturated carbocycles. The minimum atomic E-state index is -0.768. The van der Waals surface area contributed by atoms with Gasteiger partial charge in [0.25, 0.3) is 10.3 Å². The Morgan fingerprint density at radius 3 is 2.76 bits per heavy atom. The number of nitrogens with one attached hydrogen (secondary N) is 2. The number of thioether (sulfide) groups is 1. The van der Waals surface area contributed by atoms with Crippen molar-refractivity contribution in [2.45, 2.75) is 31.7 Å². The molecule has 0 aromatic carbocycles. The van der Waals surface area contributed by atoms with E-state index in [0.29, 0.717) is 12.3 Å². The highest BCUT2D eigenvalue weighted by Gasteiger charge is 2.30. The third-order valence-corrected chi connectivity index (χ3v) is 4.87. The van der Waals surface area contributed by atoms with Gasteiger partial charge in [-0.05, 0) is 24.7 Å². The molecule has 1 heterocycles. The summed E-state index contributed by atoms with van der Waals surface area (Å²) >= 11 is 1.10. The Hall–Kier alpha value is -1.51. The number of amides is 2. The monoisotopic (exact) mass is 317 g/mol. The van der Waals surface area contributed by atoms with Crippen LogP contribution in [0.2, 0.25) is 0 Å². The normalized spacial score (nSPS) is 28.8. The van der Waals surface area contributed by atoms with E-state index in [2.05, 4.69) is 15.5 Å². The van der Waals surface area contributed by atoms with Gasteiger partial charge in [-0.15, -0.1) is 10.1 Å². The first kappa shape index (κ1) is 15.9. The third kappa shape index (κ3) is 4.76. The lowest BCUT2D eigenvalue weighted by Crippen LogP contribution is -2.45. The summed E-state index contributed by atoms with van der Waals surface area (Å²) in [7, 11) is 0. The molecule has 2 N–H and O–H groups in total. The van der Waals surface area contributed by atoms with E-state index in [1.54, 1.807) is 0 Å². The van der Waals surface area contributed by atoms with Crippen LogP contribution >= 0.6 is 11.8 Å². The number of carbonyl (C=O) groups excluding carboxylic acids is 2. The fraction of sp³-hybridized carbons (Fsp3) is 0.833. The molecule has 1 aliphatic carbocycles. The molecule has 1 saturated heterocycles. The van der Waals surface area contributed by atoms with Crippen LogP contribution in [0.5, 0.6) is 0 Å². The van der Waals surface area contributed by atoms with E-state index in [9.17, 15) is 19.7 Å². The molecule has 2 aliphatic rings. The van der Waals surface area contributed by atoms with Crippen molar-refractivity contribution in [1.29, 1.82) is 0 Å². The maximum Gasteiger partial charge on any atom is 0.294 e. The van der Waals surface area contributed by atoms with Gasteiger partial charge in [0.2, 0.25) is 5.91 Å². The molecular formula is C12H19N3O5S. The number of hydrogen-bond donors (Lipinski definition) is 2. The molecule has 0 bridgehead atoms. The Labute approximate surface area is 126 Å². The van der Waals surface area contributed by atoms with Crippen molar-refractivity contribution in [3.63, 3.8) is 0 Å². The molecule has 2 rings (SSSR count). The lowest BCUT2D eigenvalue weighted by atomic mass is 9.79. The van der Waals surface area contributed by atoms with Crippen molar-refractivity contribution in [3.8, 4) is 0 Å². The van der Waals surface area contributed by atoms with Crippen LogP contribution in [0, 0.1) is 22.0 Å². The maximum absolute atomic E-state index is 11.9. The predicted octanol–water partition coefficient (Wildman–Crippen LogP) is 0.942. The second-order valence-electron chi connectivity index (χ2n) is 5.36. The molecule has 2 fully saturated rings. The minimum absolute atomic E-state index is 0.0869. The lowest BCUT2D eigenvalue weighted by molar-refractivity contribution is -0.759. The van der Waals surface area contributed by atoms with Crippen LogP contribution in [0.4, 0.5) is 4.79 Å². The molecule has 0 aromatic heterocycles. The van der Waals surface area contributed by atoms with Crippen molar-refractivity contribution >= 4 is 22.9 Å². The summed E-state index contributed by atoms with van der Waals surface area (Å²) in [5.74, 6) is 0.542. The zero-order valence-corrected chi connectivity index (χ0v) is 12.4. The molecule has 0 aromatic rings. The van der Waals surface area contributed by atoms with Crippen molar-refractivity contribution in [2.75, 3.05) is 18.9 Å². The van der Waals surface area contributed by atoms with E-state index in [0.717, 1.165) is 37.4 Å². The van der Waals surface area contributed by atoms with Crippen molar-refractivity contribution < 1.29 is 19.5 Å². The fourth-order valence-corrected chi connectivity index (χ4v) is 3.59. The van der Waals surface area contributed by atoms with Crippen LogP contribution in [0.25, 0.3) is 0 Å². The van der Waals surface area contributed by atoms with Gasteiger partial charge in [0.15, 0.2) is 0 Å². The molecular weight excluding hydrogens is 298 g/mol. The van der Waals surface area contributed by atoms with Crippen LogP contribution in [0.3, 0.4) is 0 Å². The quantitative estimate of drug-likeness (QED) is 0.557. The van der Waals surface area contributed by atoms with Gasteiger partial charge in [-0.25, -0.2) is 0 Å². The molecule has 2 amide bonds. The Bertz CT molecular complexity index is 420. The van der Waals surface area contributed by atoms with Crippen molar-refractivity contribution in [1.82, 2.24) is 10.6 Å². The van der Waals surface area contributed by atoms with E-state index in [-0.39, 0.29) is 29.6 Å². The van der Waals surface area contributed by atoms with Gasteiger partial charge in [0.1, 0.15) is 6.04 Å². The van der Waals surface area contributed by atoms with Crippen LogP contribution in [0.15, 0.2) is 0 Å². The highest BCUT2D eigenvalue weighted by atomic mass is 32.2. The molecule has 118 valence electrons. The number of nitrogens with zero attached hydrogens (tertiary/aromatic N) is 1.